The second kappa shape index (κ2) is 9.83. The molecule has 0 spiro atoms. The van der Waals surface area contributed by atoms with E-state index in [1.165, 1.54) is 14.2 Å². The molecule has 28 heavy (non-hydrogen) atoms. The molecule has 1 aliphatic carbocycles. The summed E-state index contributed by atoms with van der Waals surface area (Å²) in [4.78, 5) is 38.4. The zero-order valence-electron chi connectivity index (χ0n) is 18.4. The summed E-state index contributed by atoms with van der Waals surface area (Å²) in [6.45, 7) is 14.2. The molecule has 0 unspecified atom stereocenters. The fourth-order valence-electron chi connectivity index (χ4n) is 3.54. The van der Waals surface area contributed by atoms with Crippen molar-refractivity contribution >= 4 is 26.0 Å². The van der Waals surface area contributed by atoms with Crippen molar-refractivity contribution in [2.75, 3.05) is 14.2 Å². The third-order valence-corrected chi connectivity index (χ3v) is 10.7. The summed E-state index contributed by atoms with van der Waals surface area (Å²) < 4.78 is 16.6. The van der Waals surface area contributed by atoms with Crippen LogP contribution in [0.25, 0.3) is 0 Å². The summed E-state index contributed by atoms with van der Waals surface area (Å²) in [6.07, 6.45) is 2.83. The normalized spacial score (nSPS) is 26.3. The van der Waals surface area contributed by atoms with Gasteiger partial charge in [-0.25, -0.2) is 0 Å². The van der Waals surface area contributed by atoms with Gasteiger partial charge in [0, 0.05) is 12.3 Å². The zero-order chi connectivity index (χ0) is 21.7. The van der Waals surface area contributed by atoms with Crippen LogP contribution in [0, 0.1) is 17.8 Å². The molecule has 6 nitrogen and oxygen atoms in total. The van der Waals surface area contributed by atoms with E-state index >= 15 is 0 Å². The molecule has 160 valence electrons. The van der Waals surface area contributed by atoms with E-state index in [4.69, 9.17) is 13.9 Å². The molecule has 4 atom stereocenters. The van der Waals surface area contributed by atoms with E-state index in [1.807, 2.05) is 0 Å². The van der Waals surface area contributed by atoms with Gasteiger partial charge in [-0.15, -0.1) is 6.58 Å². The van der Waals surface area contributed by atoms with Gasteiger partial charge in [0.25, 0.3) is 0 Å². The van der Waals surface area contributed by atoms with E-state index in [9.17, 15) is 14.4 Å². The minimum atomic E-state index is -2.25. The van der Waals surface area contributed by atoms with Gasteiger partial charge in [0.05, 0.1) is 32.2 Å². The van der Waals surface area contributed by atoms with Crippen molar-refractivity contribution in [2.24, 2.45) is 17.8 Å². The van der Waals surface area contributed by atoms with Crippen molar-refractivity contribution in [3.05, 3.63) is 12.7 Å². The fourth-order valence-corrected chi connectivity index (χ4v) is 4.91. The molecule has 1 aliphatic rings. The predicted octanol–water partition coefficient (Wildman–Crippen LogP) is 3.90. The van der Waals surface area contributed by atoms with Crippen molar-refractivity contribution < 1.29 is 28.3 Å². The van der Waals surface area contributed by atoms with Gasteiger partial charge in [0.15, 0.2) is 8.32 Å². The van der Waals surface area contributed by atoms with Crippen LogP contribution >= 0.6 is 0 Å². The second-order valence-corrected chi connectivity index (χ2v) is 13.7. The molecule has 0 N–H and O–H groups in total. The first-order chi connectivity index (χ1) is 12.9. The number of rotatable bonds is 7. The van der Waals surface area contributed by atoms with Gasteiger partial charge in [-0.1, -0.05) is 26.8 Å². The van der Waals surface area contributed by atoms with Gasteiger partial charge in [-0.05, 0) is 37.4 Å². The molecule has 1 saturated carbocycles. The number of hydrogen-bond donors (Lipinski definition) is 0. The predicted molar refractivity (Wildman–Crippen MR) is 110 cm³/mol. The van der Waals surface area contributed by atoms with E-state index in [0.717, 1.165) is 0 Å². The average Bonchev–Trinajstić information content (AvgIpc) is 2.74. The quantitative estimate of drug-likeness (QED) is 0.273. The number of methoxy groups -OCH3 is 2. The molecule has 7 heteroatoms. The van der Waals surface area contributed by atoms with Crippen LogP contribution in [0.1, 0.15) is 46.5 Å². The smallest absolute Gasteiger partial charge is 0.312 e. The first-order valence-corrected chi connectivity index (χ1v) is 12.8. The fraction of sp³-hybridized carbons (Fsp3) is 0.762. The molecule has 0 aromatic carbocycles. The Morgan fingerprint density at radius 2 is 1.68 bits per heavy atom. The van der Waals surface area contributed by atoms with Crippen LogP contribution in [0.15, 0.2) is 12.7 Å². The SMILES string of the molecule is C=CCC[C@H]1C(=O)CC[C@H](O[Si](C)(C)C(C)(C)C)[C@H](C(=O)OC)[C@H]1C(=O)OC. The summed E-state index contributed by atoms with van der Waals surface area (Å²) in [5.41, 5.74) is 0. The van der Waals surface area contributed by atoms with Crippen molar-refractivity contribution in [2.45, 2.75) is 70.7 Å². The second-order valence-electron chi connectivity index (χ2n) is 8.99. The van der Waals surface area contributed by atoms with Gasteiger partial charge in [0.1, 0.15) is 5.78 Å². The topological polar surface area (TPSA) is 78.9 Å². The Morgan fingerprint density at radius 3 is 2.14 bits per heavy atom. The molecular formula is C21H36O6Si. The van der Waals surface area contributed by atoms with Gasteiger partial charge < -0.3 is 13.9 Å². The van der Waals surface area contributed by atoms with Crippen LogP contribution in [0.2, 0.25) is 18.1 Å². The van der Waals surface area contributed by atoms with E-state index in [2.05, 4.69) is 40.4 Å². The lowest BCUT2D eigenvalue weighted by Gasteiger charge is -2.41. The molecule has 0 heterocycles. The molecular weight excluding hydrogens is 376 g/mol. The Hall–Kier alpha value is -1.47. The summed E-state index contributed by atoms with van der Waals surface area (Å²) >= 11 is 0. The lowest BCUT2D eigenvalue weighted by atomic mass is 9.77. The van der Waals surface area contributed by atoms with Crippen molar-refractivity contribution in [1.29, 1.82) is 0 Å². The number of Topliss-reactive ketones (excluding diaryl/α,β-unsaturated/α-hetero) is 1. The van der Waals surface area contributed by atoms with Crippen LogP contribution < -0.4 is 0 Å². The highest BCUT2D eigenvalue weighted by Gasteiger charge is 2.52. The largest absolute Gasteiger partial charge is 0.469 e. The number of allylic oxidation sites excluding steroid dienone is 1. The molecule has 0 aliphatic heterocycles. The molecule has 0 bridgehead atoms. The Morgan fingerprint density at radius 1 is 1.14 bits per heavy atom. The van der Waals surface area contributed by atoms with Gasteiger partial charge in [-0.2, -0.15) is 0 Å². The standard InChI is InChI=1S/C21H36O6Si/c1-9-10-11-14-15(22)12-13-16(27-28(7,8)21(2,3)4)18(20(24)26-6)17(14)19(23)25-5/h9,14,16-18H,1,10-13H2,2-8H3/t14-,16-,17-,18-/m0/s1. The molecule has 1 rings (SSSR count). The number of carbonyl (C=O) groups excluding carboxylic acids is 3. The highest BCUT2D eigenvalue weighted by Crippen LogP contribution is 2.43. The van der Waals surface area contributed by atoms with E-state index in [0.29, 0.717) is 19.3 Å². The first-order valence-electron chi connectivity index (χ1n) is 9.88. The highest BCUT2D eigenvalue weighted by molar-refractivity contribution is 6.74. The van der Waals surface area contributed by atoms with Crippen LogP contribution in [0.5, 0.6) is 0 Å². The molecule has 0 amide bonds. The maximum absolute atomic E-state index is 12.9. The Balaban J connectivity index is 3.44. The number of esters is 2. The van der Waals surface area contributed by atoms with Crippen LogP contribution in [0.4, 0.5) is 0 Å². The molecule has 0 aromatic rings. The van der Waals surface area contributed by atoms with Crippen LogP contribution in [-0.4, -0.2) is 46.4 Å². The van der Waals surface area contributed by atoms with E-state index in [1.54, 1.807) is 6.08 Å². The van der Waals surface area contributed by atoms with Crippen LogP contribution in [-0.2, 0) is 28.3 Å². The third-order valence-electron chi connectivity index (χ3n) is 6.19. The monoisotopic (exact) mass is 412 g/mol. The molecule has 0 aromatic heterocycles. The Kier molecular flexibility index (Phi) is 8.62. The third kappa shape index (κ3) is 5.53. The lowest BCUT2D eigenvalue weighted by Crippen LogP contribution is -2.50. The summed E-state index contributed by atoms with van der Waals surface area (Å²) in [5, 5.41) is -0.0764. The number of ketones is 1. The number of carbonyl (C=O) groups is 3. The van der Waals surface area contributed by atoms with Crippen molar-refractivity contribution in [3.63, 3.8) is 0 Å². The van der Waals surface area contributed by atoms with Gasteiger partial charge >= 0.3 is 11.9 Å². The van der Waals surface area contributed by atoms with E-state index < -0.39 is 44.1 Å². The first kappa shape index (κ1) is 24.6. The average molecular weight is 413 g/mol. The number of hydrogen-bond acceptors (Lipinski definition) is 6. The summed E-state index contributed by atoms with van der Waals surface area (Å²) in [5.74, 6) is -3.52. The molecule has 0 radical (unpaired) electrons. The number of ether oxygens (including phenoxy) is 2. The van der Waals surface area contributed by atoms with Gasteiger partial charge in [0.2, 0.25) is 0 Å². The van der Waals surface area contributed by atoms with Gasteiger partial charge in [-0.3, -0.25) is 14.4 Å². The minimum absolute atomic E-state index is 0.0347. The molecule has 0 saturated heterocycles. The van der Waals surface area contributed by atoms with Crippen LogP contribution in [0.3, 0.4) is 0 Å². The Labute approximate surface area is 170 Å². The molecule has 1 fully saturated rings. The minimum Gasteiger partial charge on any atom is -0.469 e. The lowest BCUT2D eigenvalue weighted by molar-refractivity contribution is -0.164. The van der Waals surface area contributed by atoms with Crippen molar-refractivity contribution in [3.8, 4) is 0 Å². The van der Waals surface area contributed by atoms with E-state index in [-0.39, 0.29) is 17.2 Å². The van der Waals surface area contributed by atoms with Crippen molar-refractivity contribution in [1.82, 2.24) is 0 Å². The summed E-state index contributed by atoms with van der Waals surface area (Å²) in [6, 6.07) is 0. The zero-order valence-corrected chi connectivity index (χ0v) is 19.4. The Bertz CT molecular complexity index is 592. The maximum atomic E-state index is 12.9. The maximum Gasteiger partial charge on any atom is 0.312 e. The summed E-state index contributed by atoms with van der Waals surface area (Å²) in [7, 11) is 0.329. The highest BCUT2D eigenvalue weighted by atomic mass is 28.4.